The molecular weight excluding hydrogens is 306 g/mol. The summed E-state index contributed by atoms with van der Waals surface area (Å²) in [6.07, 6.45) is 2.71. The molecule has 0 aliphatic carbocycles. The Morgan fingerprint density at radius 2 is 2.14 bits per heavy atom. The van der Waals surface area contributed by atoms with Crippen LogP contribution in [0.5, 0.6) is 0 Å². The van der Waals surface area contributed by atoms with Crippen LogP contribution in [0, 0.1) is 0 Å². The van der Waals surface area contributed by atoms with Crippen molar-refractivity contribution in [2.45, 2.75) is 31.3 Å². The van der Waals surface area contributed by atoms with E-state index in [4.69, 9.17) is 0 Å². The molecule has 2 aromatic rings. The maximum absolute atomic E-state index is 12.3. The predicted octanol–water partition coefficient (Wildman–Crippen LogP) is 2.12. The molecule has 0 saturated heterocycles. The molecule has 0 spiro atoms. The van der Waals surface area contributed by atoms with E-state index in [2.05, 4.69) is 21.9 Å². The number of hydrogen-bond donors (Lipinski definition) is 2. The van der Waals surface area contributed by atoms with Gasteiger partial charge >= 0.3 is 0 Å². The van der Waals surface area contributed by atoms with E-state index in [9.17, 15) is 8.42 Å². The minimum Gasteiger partial charge on any atom is -0.313 e. The molecule has 21 heavy (non-hydrogen) atoms. The zero-order chi connectivity index (χ0) is 15.1. The second-order valence-corrected chi connectivity index (χ2v) is 7.35. The quantitative estimate of drug-likeness (QED) is 0.729. The Labute approximate surface area is 129 Å². The Bertz CT molecular complexity index is 655. The first-order valence-corrected chi connectivity index (χ1v) is 9.15. The van der Waals surface area contributed by atoms with Crippen LogP contribution in [-0.2, 0) is 23.1 Å². The fourth-order valence-corrected chi connectivity index (χ4v) is 3.51. The summed E-state index contributed by atoms with van der Waals surface area (Å²) in [5.74, 6) is 0. The molecule has 0 amide bonds. The molecule has 0 saturated carbocycles. The summed E-state index contributed by atoms with van der Waals surface area (Å²) in [6.45, 7) is 3.95. The Balaban J connectivity index is 2.03. The highest BCUT2D eigenvalue weighted by molar-refractivity contribution is 7.89. The van der Waals surface area contributed by atoms with E-state index in [1.165, 1.54) is 11.3 Å². The zero-order valence-corrected chi connectivity index (χ0v) is 13.5. The molecule has 2 N–H and O–H groups in total. The number of hydrogen-bond acceptors (Lipinski definition) is 5. The lowest BCUT2D eigenvalue weighted by molar-refractivity contribution is 0.581. The van der Waals surface area contributed by atoms with Crippen molar-refractivity contribution in [3.8, 4) is 0 Å². The van der Waals surface area contributed by atoms with Gasteiger partial charge in [0.05, 0.1) is 10.4 Å². The first-order valence-electron chi connectivity index (χ1n) is 6.78. The van der Waals surface area contributed by atoms with Crippen LogP contribution in [0.2, 0.25) is 0 Å². The normalized spacial score (nSPS) is 11.7. The van der Waals surface area contributed by atoms with Crippen molar-refractivity contribution in [2.75, 3.05) is 6.54 Å². The van der Waals surface area contributed by atoms with Gasteiger partial charge in [0, 0.05) is 24.2 Å². The van der Waals surface area contributed by atoms with Gasteiger partial charge in [0.1, 0.15) is 0 Å². The maximum atomic E-state index is 12.3. The van der Waals surface area contributed by atoms with Gasteiger partial charge in [0.2, 0.25) is 10.0 Å². The van der Waals surface area contributed by atoms with Crippen LogP contribution >= 0.6 is 11.3 Å². The molecule has 7 heteroatoms. The molecule has 0 aliphatic heterocycles. The lowest BCUT2D eigenvalue weighted by Crippen LogP contribution is -2.23. The van der Waals surface area contributed by atoms with Crippen LogP contribution in [0.15, 0.2) is 40.9 Å². The van der Waals surface area contributed by atoms with Crippen molar-refractivity contribution in [1.82, 2.24) is 15.0 Å². The molecule has 0 fully saturated rings. The minimum absolute atomic E-state index is 0.269. The molecular formula is C14H19N3O2S2. The van der Waals surface area contributed by atoms with Gasteiger partial charge in [-0.3, -0.25) is 4.98 Å². The fourth-order valence-electron chi connectivity index (χ4n) is 1.81. The third-order valence-corrected chi connectivity index (χ3v) is 5.06. The largest absolute Gasteiger partial charge is 0.313 e. The Kier molecular flexibility index (Phi) is 5.86. The van der Waals surface area contributed by atoms with Crippen molar-refractivity contribution in [3.63, 3.8) is 0 Å². The van der Waals surface area contributed by atoms with Crippen LogP contribution in [0.25, 0.3) is 0 Å². The van der Waals surface area contributed by atoms with E-state index in [1.54, 1.807) is 29.9 Å². The maximum Gasteiger partial charge on any atom is 0.240 e. The number of nitrogens with one attached hydrogen (secondary N) is 2. The average Bonchev–Trinajstić information content (AvgIpc) is 2.99. The number of benzene rings is 1. The first kappa shape index (κ1) is 16.1. The summed E-state index contributed by atoms with van der Waals surface area (Å²) in [7, 11) is -3.49. The summed E-state index contributed by atoms with van der Waals surface area (Å²) in [6, 6.07) is 7.01. The van der Waals surface area contributed by atoms with E-state index in [-0.39, 0.29) is 6.54 Å². The van der Waals surface area contributed by atoms with Gasteiger partial charge in [-0.2, -0.15) is 0 Å². The number of sulfonamides is 1. The SMILES string of the molecule is CCCNCc1cccc(S(=O)(=O)NCc2cncs2)c1. The van der Waals surface area contributed by atoms with Crippen LogP contribution in [0.1, 0.15) is 23.8 Å². The average molecular weight is 325 g/mol. The standard InChI is InChI=1S/C14H19N3O2S2/c1-2-6-15-8-12-4-3-5-14(7-12)21(18,19)17-10-13-9-16-11-20-13/h3-5,7,9,11,15,17H,2,6,8,10H2,1H3. The Morgan fingerprint density at radius 1 is 1.29 bits per heavy atom. The van der Waals surface area contributed by atoms with Crippen molar-refractivity contribution in [2.24, 2.45) is 0 Å². The summed E-state index contributed by atoms with van der Waals surface area (Å²) in [5, 5.41) is 3.26. The molecule has 0 unspecified atom stereocenters. The zero-order valence-electron chi connectivity index (χ0n) is 11.9. The Morgan fingerprint density at radius 3 is 2.86 bits per heavy atom. The topological polar surface area (TPSA) is 71.1 Å². The molecule has 0 atom stereocenters. The van der Waals surface area contributed by atoms with Gasteiger partial charge in [0.15, 0.2) is 0 Å². The summed E-state index contributed by atoms with van der Waals surface area (Å²) in [4.78, 5) is 5.11. The van der Waals surface area contributed by atoms with Crippen molar-refractivity contribution in [3.05, 3.63) is 46.4 Å². The second-order valence-electron chi connectivity index (χ2n) is 4.62. The molecule has 1 aromatic carbocycles. The molecule has 2 rings (SSSR count). The van der Waals surface area contributed by atoms with Crippen molar-refractivity contribution < 1.29 is 8.42 Å². The molecule has 5 nitrogen and oxygen atoms in total. The smallest absolute Gasteiger partial charge is 0.240 e. The molecule has 0 bridgehead atoms. The van der Waals surface area contributed by atoms with Gasteiger partial charge in [-0.15, -0.1) is 11.3 Å². The van der Waals surface area contributed by atoms with E-state index in [0.29, 0.717) is 11.4 Å². The second kappa shape index (κ2) is 7.65. The van der Waals surface area contributed by atoms with Crippen LogP contribution in [-0.4, -0.2) is 19.9 Å². The highest BCUT2D eigenvalue weighted by Gasteiger charge is 2.14. The first-order chi connectivity index (χ1) is 10.1. The molecule has 0 radical (unpaired) electrons. The van der Waals surface area contributed by atoms with Gasteiger partial charge in [0.25, 0.3) is 0 Å². The third kappa shape index (κ3) is 4.89. The van der Waals surface area contributed by atoms with E-state index >= 15 is 0 Å². The van der Waals surface area contributed by atoms with Gasteiger partial charge in [-0.05, 0) is 30.7 Å². The van der Waals surface area contributed by atoms with Gasteiger partial charge in [-0.25, -0.2) is 13.1 Å². The third-order valence-electron chi connectivity index (χ3n) is 2.88. The number of rotatable bonds is 8. The highest BCUT2D eigenvalue weighted by Crippen LogP contribution is 2.13. The van der Waals surface area contributed by atoms with E-state index < -0.39 is 10.0 Å². The monoisotopic (exact) mass is 325 g/mol. The Hall–Kier alpha value is -1.28. The van der Waals surface area contributed by atoms with Crippen molar-refractivity contribution in [1.29, 1.82) is 0 Å². The lowest BCUT2D eigenvalue weighted by Gasteiger charge is -2.08. The van der Waals surface area contributed by atoms with Crippen LogP contribution in [0.4, 0.5) is 0 Å². The van der Waals surface area contributed by atoms with Gasteiger partial charge in [-0.1, -0.05) is 19.1 Å². The highest BCUT2D eigenvalue weighted by atomic mass is 32.2. The lowest BCUT2D eigenvalue weighted by atomic mass is 10.2. The van der Waals surface area contributed by atoms with Crippen LogP contribution < -0.4 is 10.0 Å². The van der Waals surface area contributed by atoms with Gasteiger partial charge < -0.3 is 5.32 Å². The summed E-state index contributed by atoms with van der Waals surface area (Å²) < 4.78 is 27.1. The molecule has 1 heterocycles. The number of aromatic nitrogens is 1. The van der Waals surface area contributed by atoms with E-state index in [0.717, 1.165) is 23.4 Å². The summed E-state index contributed by atoms with van der Waals surface area (Å²) >= 11 is 1.43. The number of thiazole rings is 1. The fraction of sp³-hybridized carbons (Fsp3) is 0.357. The van der Waals surface area contributed by atoms with Crippen molar-refractivity contribution >= 4 is 21.4 Å². The number of nitrogens with zero attached hydrogens (tertiary/aromatic N) is 1. The molecule has 0 aliphatic rings. The minimum atomic E-state index is -3.49. The molecule has 1 aromatic heterocycles. The predicted molar refractivity (Wildman–Crippen MR) is 84.6 cm³/mol. The van der Waals surface area contributed by atoms with E-state index in [1.807, 2.05) is 6.07 Å². The van der Waals surface area contributed by atoms with Crippen LogP contribution in [0.3, 0.4) is 0 Å². The molecule has 114 valence electrons. The summed E-state index contributed by atoms with van der Waals surface area (Å²) in [5.41, 5.74) is 2.65.